The number of hydrogen-bond acceptors (Lipinski definition) is 4. The number of pyridine rings is 1. The molecule has 1 aromatic heterocycles. The number of para-hydroxylation sites is 1. The number of anilines is 2. The Morgan fingerprint density at radius 2 is 1.55 bits per heavy atom. The standard InChI is InChI=1S/C26H17ClN4O2/c27-20-13-14-24(29-16-20)31-26(33)22-7-3-4-8-23(22)30-25(32)18-11-9-17(10-12-18)21-6-2-1-5-19(21)15-28/h1-14,16H,(H,30,32)(H,29,31,33). The summed E-state index contributed by atoms with van der Waals surface area (Å²) in [7, 11) is 0. The number of aromatic nitrogens is 1. The lowest BCUT2D eigenvalue weighted by Gasteiger charge is -2.12. The van der Waals surface area contributed by atoms with Crippen molar-refractivity contribution in [2.24, 2.45) is 0 Å². The molecule has 0 bridgehead atoms. The molecular weight excluding hydrogens is 436 g/mol. The summed E-state index contributed by atoms with van der Waals surface area (Å²) in [5.74, 6) is -0.428. The molecule has 0 radical (unpaired) electrons. The second kappa shape index (κ2) is 9.77. The van der Waals surface area contributed by atoms with Crippen LogP contribution in [0.3, 0.4) is 0 Å². The highest BCUT2D eigenvalue weighted by Gasteiger charge is 2.15. The number of benzene rings is 3. The van der Waals surface area contributed by atoms with Crippen LogP contribution in [0.2, 0.25) is 5.02 Å². The number of carbonyl (C=O) groups excluding carboxylic acids is 2. The van der Waals surface area contributed by atoms with Crippen molar-refractivity contribution < 1.29 is 9.59 Å². The van der Waals surface area contributed by atoms with E-state index >= 15 is 0 Å². The second-order valence-corrected chi connectivity index (χ2v) is 7.49. The maximum Gasteiger partial charge on any atom is 0.258 e. The first-order valence-electron chi connectivity index (χ1n) is 9.98. The van der Waals surface area contributed by atoms with E-state index in [2.05, 4.69) is 21.7 Å². The van der Waals surface area contributed by atoms with E-state index < -0.39 is 5.91 Å². The molecule has 160 valence electrons. The quantitative estimate of drug-likeness (QED) is 0.401. The summed E-state index contributed by atoms with van der Waals surface area (Å²) in [5.41, 5.74) is 3.27. The van der Waals surface area contributed by atoms with Gasteiger partial charge < -0.3 is 10.6 Å². The molecule has 0 spiro atoms. The summed E-state index contributed by atoms with van der Waals surface area (Å²) in [6.07, 6.45) is 1.43. The van der Waals surface area contributed by atoms with Gasteiger partial charge in [-0.1, -0.05) is 54.1 Å². The molecule has 7 heteroatoms. The van der Waals surface area contributed by atoms with E-state index in [0.717, 1.165) is 11.1 Å². The molecule has 4 rings (SSSR count). The van der Waals surface area contributed by atoms with Gasteiger partial charge in [-0.05, 0) is 53.6 Å². The minimum absolute atomic E-state index is 0.294. The van der Waals surface area contributed by atoms with E-state index in [-0.39, 0.29) is 5.91 Å². The van der Waals surface area contributed by atoms with Crippen LogP contribution in [-0.2, 0) is 0 Å². The van der Waals surface area contributed by atoms with E-state index in [4.69, 9.17) is 11.6 Å². The normalized spacial score (nSPS) is 10.2. The van der Waals surface area contributed by atoms with Crippen LogP contribution in [0.1, 0.15) is 26.3 Å². The fourth-order valence-corrected chi connectivity index (χ4v) is 3.36. The fraction of sp³-hybridized carbons (Fsp3) is 0. The van der Waals surface area contributed by atoms with Gasteiger partial charge in [0.2, 0.25) is 0 Å². The number of rotatable bonds is 5. The molecular formula is C26H17ClN4O2. The highest BCUT2D eigenvalue weighted by molar-refractivity contribution is 6.30. The molecule has 0 saturated heterocycles. The van der Waals surface area contributed by atoms with Crippen LogP contribution < -0.4 is 10.6 Å². The number of carbonyl (C=O) groups is 2. The van der Waals surface area contributed by atoms with E-state index in [1.54, 1.807) is 72.8 Å². The molecule has 0 fully saturated rings. The SMILES string of the molecule is N#Cc1ccccc1-c1ccc(C(=O)Nc2ccccc2C(=O)Nc2ccc(Cl)cn2)cc1. The summed E-state index contributed by atoms with van der Waals surface area (Å²) in [6, 6.07) is 26.3. The Balaban J connectivity index is 1.51. The minimum atomic E-state index is -0.413. The van der Waals surface area contributed by atoms with Crippen LogP contribution >= 0.6 is 11.6 Å². The average Bonchev–Trinajstić information content (AvgIpc) is 2.85. The predicted octanol–water partition coefficient (Wildman–Crippen LogP) is 5.78. The Bertz CT molecular complexity index is 1360. The lowest BCUT2D eigenvalue weighted by atomic mass is 9.99. The summed E-state index contributed by atoms with van der Waals surface area (Å²) in [4.78, 5) is 29.6. The number of halogens is 1. The van der Waals surface area contributed by atoms with Crippen LogP contribution in [0.5, 0.6) is 0 Å². The Morgan fingerprint density at radius 3 is 2.27 bits per heavy atom. The highest BCUT2D eigenvalue weighted by atomic mass is 35.5. The van der Waals surface area contributed by atoms with Crippen molar-refractivity contribution in [2.75, 3.05) is 10.6 Å². The van der Waals surface area contributed by atoms with Gasteiger partial charge in [0.05, 0.1) is 27.9 Å². The molecule has 1 heterocycles. The van der Waals surface area contributed by atoms with Crippen LogP contribution in [-0.4, -0.2) is 16.8 Å². The first kappa shape index (κ1) is 21.8. The van der Waals surface area contributed by atoms with Crippen LogP contribution in [0, 0.1) is 11.3 Å². The molecule has 33 heavy (non-hydrogen) atoms. The third-order valence-corrected chi connectivity index (χ3v) is 5.12. The van der Waals surface area contributed by atoms with E-state index in [9.17, 15) is 14.9 Å². The molecule has 3 aromatic carbocycles. The molecule has 2 N–H and O–H groups in total. The van der Waals surface area contributed by atoms with Crippen molar-refractivity contribution in [3.63, 3.8) is 0 Å². The lowest BCUT2D eigenvalue weighted by Crippen LogP contribution is -2.18. The summed E-state index contributed by atoms with van der Waals surface area (Å²) in [5, 5.41) is 15.2. The van der Waals surface area contributed by atoms with Gasteiger partial charge in [-0.3, -0.25) is 9.59 Å². The molecule has 4 aromatic rings. The Morgan fingerprint density at radius 1 is 0.818 bits per heavy atom. The first-order valence-corrected chi connectivity index (χ1v) is 10.4. The van der Waals surface area contributed by atoms with Gasteiger partial charge >= 0.3 is 0 Å². The fourth-order valence-electron chi connectivity index (χ4n) is 3.25. The van der Waals surface area contributed by atoms with Crippen molar-refractivity contribution in [3.05, 3.63) is 113 Å². The Hall–Kier alpha value is -4.47. The predicted molar refractivity (Wildman–Crippen MR) is 128 cm³/mol. The van der Waals surface area contributed by atoms with E-state index in [1.807, 2.05) is 12.1 Å². The molecule has 0 atom stereocenters. The molecule has 6 nitrogen and oxygen atoms in total. The van der Waals surface area contributed by atoms with Crippen LogP contribution in [0.4, 0.5) is 11.5 Å². The zero-order chi connectivity index (χ0) is 23.2. The highest BCUT2D eigenvalue weighted by Crippen LogP contribution is 2.24. The zero-order valence-electron chi connectivity index (χ0n) is 17.2. The van der Waals surface area contributed by atoms with Crippen molar-refractivity contribution in [1.82, 2.24) is 4.98 Å². The Kier molecular flexibility index (Phi) is 6.44. The third-order valence-electron chi connectivity index (χ3n) is 4.89. The van der Waals surface area contributed by atoms with E-state index in [1.165, 1.54) is 6.20 Å². The molecule has 0 saturated carbocycles. The largest absolute Gasteiger partial charge is 0.321 e. The lowest BCUT2D eigenvalue weighted by molar-refractivity contribution is 0.102. The number of nitrogens with zero attached hydrogens (tertiary/aromatic N) is 2. The summed E-state index contributed by atoms with van der Waals surface area (Å²) in [6.45, 7) is 0. The van der Waals surface area contributed by atoms with Crippen molar-refractivity contribution in [3.8, 4) is 17.2 Å². The molecule has 0 aliphatic rings. The van der Waals surface area contributed by atoms with Gasteiger partial charge in [0.15, 0.2) is 0 Å². The molecule has 0 aliphatic carbocycles. The number of hydrogen-bond donors (Lipinski definition) is 2. The average molecular weight is 453 g/mol. The maximum absolute atomic E-state index is 12.8. The number of nitriles is 1. The van der Waals surface area contributed by atoms with Crippen molar-refractivity contribution in [1.29, 1.82) is 5.26 Å². The van der Waals surface area contributed by atoms with Gasteiger partial charge in [-0.15, -0.1) is 0 Å². The smallest absolute Gasteiger partial charge is 0.258 e. The molecule has 0 unspecified atom stereocenters. The minimum Gasteiger partial charge on any atom is -0.321 e. The molecule has 0 aliphatic heterocycles. The maximum atomic E-state index is 12.8. The van der Waals surface area contributed by atoms with Gasteiger partial charge in [-0.25, -0.2) is 4.98 Å². The number of nitrogens with one attached hydrogen (secondary N) is 2. The second-order valence-electron chi connectivity index (χ2n) is 7.05. The topological polar surface area (TPSA) is 94.9 Å². The van der Waals surface area contributed by atoms with Crippen LogP contribution in [0.15, 0.2) is 91.1 Å². The van der Waals surface area contributed by atoms with Crippen LogP contribution in [0.25, 0.3) is 11.1 Å². The van der Waals surface area contributed by atoms with Gasteiger partial charge in [-0.2, -0.15) is 5.26 Å². The summed E-state index contributed by atoms with van der Waals surface area (Å²) < 4.78 is 0. The van der Waals surface area contributed by atoms with Crippen molar-refractivity contribution in [2.45, 2.75) is 0 Å². The van der Waals surface area contributed by atoms with Gasteiger partial charge in [0.25, 0.3) is 11.8 Å². The molecule has 2 amide bonds. The van der Waals surface area contributed by atoms with Gasteiger partial charge in [0, 0.05) is 11.8 Å². The number of amides is 2. The first-order chi connectivity index (χ1) is 16.0. The Labute approximate surface area is 195 Å². The van der Waals surface area contributed by atoms with Gasteiger partial charge in [0.1, 0.15) is 5.82 Å². The van der Waals surface area contributed by atoms with E-state index in [0.29, 0.717) is 33.2 Å². The zero-order valence-corrected chi connectivity index (χ0v) is 18.0. The monoisotopic (exact) mass is 452 g/mol. The summed E-state index contributed by atoms with van der Waals surface area (Å²) >= 11 is 5.83. The third kappa shape index (κ3) is 5.06. The van der Waals surface area contributed by atoms with Crippen molar-refractivity contribution >= 4 is 34.9 Å².